The number of hydrogen-bond donors (Lipinski definition) is 0. The maximum Gasteiger partial charge on any atom is 0.0796 e. The summed E-state index contributed by atoms with van der Waals surface area (Å²) in [5.41, 5.74) is 1.12. The minimum absolute atomic E-state index is 0.238. The van der Waals surface area contributed by atoms with Gasteiger partial charge in [-0.3, -0.25) is 0 Å². The molecular formula is C9H13ClO. The molecule has 1 atom stereocenters. The molecule has 0 aliphatic heterocycles. The highest BCUT2D eigenvalue weighted by Crippen LogP contribution is 2.22. The highest BCUT2D eigenvalue weighted by molar-refractivity contribution is 6.32. The molecule has 0 aromatic carbocycles. The van der Waals surface area contributed by atoms with Crippen LogP contribution in [0.25, 0.3) is 0 Å². The Morgan fingerprint density at radius 1 is 1.73 bits per heavy atom. The average molecular weight is 173 g/mol. The maximum absolute atomic E-state index is 5.87. The van der Waals surface area contributed by atoms with Crippen LogP contribution in [0.4, 0.5) is 0 Å². The Bertz CT molecular complexity index is 194. The van der Waals surface area contributed by atoms with E-state index in [2.05, 4.69) is 6.08 Å². The van der Waals surface area contributed by atoms with Crippen molar-refractivity contribution in [2.75, 3.05) is 6.61 Å². The topological polar surface area (TPSA) is 9.23 Å². The van der Waals surface area contributed by atoms with Gasteiger partial charge in [0.1, 0.15) is 0 Å². The van der Waals surface area contributed by atoms with Gasteiger partial charge in [0.25, 0.3) is 0 Å². The Morgan fingerprint density at radius 3 is 3.00 bits per heavy atom. The van der Waals surface area contributed by atoms with Crippen LogP contribution in [0.2, 0.25) is 0 Å². The molecule has 2 heteroatoms. The van der Waals surface area contributed by atoms with Crippen LogP contribution < -0.4 is 0 Å². The second-order valence-corrected chi connectivity index (χ2v) is 3.04. The van der Waals surface area contributed by atoms with Crippen LogP contribution in [0.5, 0.6) is 0 Å². The van der Waals surface area contributed by atoms with E-state index in [4.69, 9.17) is 16.3 Å². The molecule has 0 amide bonds. The number of rotatable bonds is 2. The van der Waals surface area contributed by atoms with E-state index < -0.39 is 0 Å². The lowest BCUT2D eigenvalue weighted by atomic mass is 10.1. The zero-order chi connectivity index (χ0) is 8.27. The van der Waals surface area contributed by atoms with Gasteiger partial charge in [-0.25, -0.2) is 0 Å². The van der Waals surface area contributed by atoms with Crippen molar-refractivity contribution in [3.8, 4) is 0 Å². The molecule has 0 N–H and O–H groups in total. The van der Waals surface area contributed by atoms with E-state index in [1.165, 1.54) is 0 Å². The van der Waals surface area contributed by atoms with Crippen molar-refractivity contribution >= 4 is 11.6 Å². The molecule has 1 unspecified atom stereocenters. The second kappa shape index (κ2) is 3.93. The average Bonchev–Trinajstić information content (AvgIpc) is 1.98. The zero-order valence-electron chi connectivity index (χ0n) is 6.93. The summed E-state index contributed by atoms with van der Waals surface area (Å²) in [6.45, 7) is 4.77. The molecular weight excluding hydrogens is 160 g/mol. The first kappa shape index (κ1) is 8.82. The lowest BCUT2D eigenvalue weighted by Gasteiger charge is -2.16. The van der Waals surface area contributed by atoms with Crippen LogP contribution in [0.1, 0.15) is 20.3 Å². The quantitative estimate of drug-likeness (QED) is 0.623. The maximum atomic E-state index is 5.87. The van der Waals surface area contributed by atoms with Gasteiger partial charge < -0.3 is 4.74 Å². The standard InChI is InChI=1S/C9H13ClO/c1-3-11-8-4-5-9(10)7(2)6-8/h5-6,8H,3-4H2,1-2H3. The normalized spacial score (nSPS) is 24.5. The molecule has 0 heterocycles. The molecule has 0 aromatic heterocycles. The van der Waals surface area contributed by atoms with Crippen LogP contribution >= 0.6 is 11.6 Å². The van der Waals surface area contributed by atoms with E-state index >= 15 is 0 Å². The van der Waals surface area contributed by atoms with E-state index in [0.29, 0.717) is 0 Å². The Balaban J connectivity index is 2.54. The fraction of sp³-hybridized carbons (Fsp3) is 0.556. The summed E-state index contributed by atoms with van der Waals surface area (Å²) in [5.74, 6) is 0. The van der Waals surface area contributed by atoms with E-state index in [9.17, 15) is 0 Å². The second-order valence-electron chi connectivity index (χ2n) is 2.63. The van der Waals surface area contributed by atoms with Gasteiger partial charge >= 0.3 is 0 Å². The molecule has 1 rings (SSSR count). The summed E-state index contributed by atoms with van der Waals surface area (Å²) in [6.07, 6.45) is 5.23. The number of hydrogen-bond acceptors (Lipinski definition) is 1. The summed E-state index contributed by atoms with van der Waals surface area (Å²) in [7, 11) is 0. The molecule has 1 aliphatic rings. The molecule has 0 bridgehead atoms. The van der Waals surface area contributed by atoms with Crippen molar-refractivity contribution in [2.45, 2.75) is 26.4 Å². The van der Waals surface area contributed by atoms with Gasteiger partial charge in [0.15, 0.2) is 0 Å². The summed E-state index contributed by atoms with van der Waals surface area (Å²) < 4.78 is 5.42. The van der Waals surface area contributed by atoms with E-state index in [-0.39, 0.29) is 6.10 Å². The van der Waals surface area contributed by atoms with Gasteiger partial charge in [0.2, 0.25) is 0 Å². The van der Waals surface area contributed by atoms with Crippen LogP contribution in [0, 0.1) is 0 Å². The monoisotopic (exact) mass is 172 g/mol. The molecule has 0 radical (unpaired) electrons. The largest absolute Gasteiger partial charge is 0.374 e. The SMILES string of the molecule is CCOC1C=C(C)C(Cl)=CC1. The van der Waals surface area contributed by atoms with Crippen molar-refractivity contribution in [3.05, 3.63) is 22.8 Å². The highest BCUT2D eigenvalue weighted by Gasteiger charge is 2.10. The number of halogens is 1. The van der Waals surface area contributed by atoms with Crippen molar-refractivity contribution in [2.24, 2.45) is 0 Å². The van der Waals surface area contributed by atoms with Gasteiger partial charge in [-0.1, -0.05) is 23.8 Å². The van der Waals surface area contributed by atoms with Crippen molar-refractivity contribution in [1.29, 1.82) is 0 Å². The molecule has 11 heavy (non-hydrogen) atoms. The fourth-order valence-corrected chi connectivity index (χ4v) is 1.29. The van der Waals surface area contributed by atoms with Crippen LogP contribution in [-0.4, -0.2) is 12.7 Å². The molecule has 0 fully saturated rings. The number of allylic oxidation sites excluding steroid dienone is 2. The Hall–Kier alpha value is -0.270. The molecule has 62 valence electrons. The van der Waals surface area contributed by atoms with E-state index in [1.54, 1.807) is 0 Å². The fourth-order valence-electron chi connectivity index (χ4n) is 1.14. The van der Waals surface area contributed by atoms with Crippen molar-refractivity contribution < 1.29 is 4.74 Å². The Kier molecular flexibility index (Phi) is 3.16. The van der Waals surface area contributed by atoms with Crippen LogP contribution in [-0.2, 0) is 4.74 Å². The highest BCUT2D eigenvalue weighted by atomic mass is 35.5. The van der Waals surface area contributed by atoms with E-state index in [1.807, 2.05) is 19.9 Å². The first-order chi connectivity index (χ1) is 5.24. The van der Waals surface area contributed by atoms with Gasteiger partial charge in [-0.05, 0) is 25.8 Å². The van der Waals surface area contributed by atoms with Gasteiger partial charge in [-0.2, -0.15) is 0 Å². The third-order valence-corrected chi connectivity index (χ3v) is 2.18. The molecule has 1 nitrogen and oxygen atoms in total. The first-order valence-corrected chi connectivity index (χ1v) is 4.28. The third kappa shape index (κ3) is 2.35. The lowest BCUT2D eigenvalue weighted by molar-refractivity contribution is 0.0971. The minimum atomic E-state index is 0.238. The van der Waals surface area contributed by atoms with Crippen molar-refractivity contribution in [1.82, 2.24) is 0 Å². The van der Waals surface area contributed by atoms with Gasteiger partial charge in [0, 0.05) is 11.6 Å². The molecule has 1 aliphatic carbocycles. The summed E-state index contributed by atoms with van der Waals surface area (Å²) in [6, 6.07) is 0. The van der Waals surface area contributed by atoms with Crippen LogP contribution in [0.3, 0.4) is 0 Å². The molecule has 0 spiro atoms. The van der Waals surface area contributed by atoms with E-state index in [0.717, 1.165) is 23.6 Å². The van der Waals surface area contributed by atoms with Gasteiger partial charge in [0.05, 0.1) is 6.10 Å². The van der Waals surface area contributed by atoms with Crippen molar-refractivity contribution in [3.63, 3.8) is 0 Å². The lowest BCUT2D eigenvalue weighted by Crippen LogP contribution is -2.12. The Labute approximate surface area is 72.7 Å². The molecule has 0 saturated carbocycles. The summed E-state index contributed by atoms with van der Waals surface area (Å²) in [4.78, 5) is 0. The summed E-state index contributed by atoms with van der Waals surface area (Å²) >= 11 is 5.87. The smallest absolute Gasteiger partial charge is 0.0796 e. The molecule has 0 aromatic rings. The van der Waals surface area contributed by atoms with Gasteiger partial charge in [-0.15, -0.1) is 0 Å². The predicted octanol–water partition coefficient (Wildman–Crippen LogP) is 2.86. The summed E-state index contributed by atoms with van der Waals surface area (Å²) in [5, 5.41) is 0.862. The zero-order valence-corrected chi connectivity index (χ0v) is 7.69. The Morgan fingerprint density at radius 2 is 2.45 bits per heavy atom. The molecule has 0 saturated heterocycles. The predicted molar refractivity (Wildman–Crippen MR) is 47.7 cm³/mol. The minimum Gasteiger partial charge on any atom is -0.374 e. The van der Waals surface area contributed by atoms with Crippen LogP contribution in [0.15, 0.2) is 22.8 Å². The number of ether oxygens (including phenoxy) is 1. The first-order valence-electron chi connectivity index (χ1n) is 3.90. The third-order valence-electron chi connectivity index (χ3n) is 1.72.